The van der Waals surface area contributed by atoms with Crippen molar-refractivity contribution in [2.24, 2.45) is 5.41 Å². The lowest BCUT2D eigenvalue weighted by atomic mass is 9.78. The van der Waals surface area contributed by atoms with Gasteiger partial charge < -0.3 is 19.6 Å². The number of hydrogen-bond acceptors (Lipinski definition) is 5. The molecule has 2 aliphatic heterocycles. The van der Waals surface area contributed by atoms with Crippen LogP contribution in [0.2, 0.25) is 0 Å². The highest BCUT2D eigenvalue weighted by atomic mass is 16.5. The SMILES string of the molecule is COC(=O)Nc1ccc(N2CCC[C@]3(CCN(C4CCC(C)(O)CC4)C3=O)C2)c(C)c1. The number of nitrogens with one attached hydrogen (secondary N) is 1. The van der Waals surface area contributed by atoms with Gasteiger partial charge in [-0.2, -0.15) is 0 Å². The van der Waals surface area contributed by atoms with Crippen LogP contribution in [0.15, 0.2) is 18.2 Å². The van der Waals surface area contributed by atoms with E-state index in [1.54, 1.807) is 0 Å². The van der Waals surface area contributed by atoms with Crippen molar-refractivity contribution in [3.63, 3.8) is 0 Å². The van der Waals surface area contributed by atoms with Gasteiger partial charge in [-0.15, -0.1) is 0 Å². The standard InChI is InChI=1S/C24H35N3O4/c1-17-15-18(25-22(29)31-3)5-6-20(17)26-13-4-9-24(16-26)12-14-27(21(24)28)19-7-10-23(2,30)11-8-19/h5-6,15,19,30H,4,7-14,16H2,1-3H3,(H,25,29)/t19?,23?,24-/m0/s1. The molecule has 3 aliphatic rings. The Labute approximate surface area is 184 Å². The Hall–Kier alpha value is -2.28. The maximum atomic E-state index is 13.6. The van der Waals surface area contributed by atoms with Gasteiger partial charge in [0.05, 0.1) is 18.1 Å². The van der Waals surface area contributed by atoms with Crippen LogP contribution in [0.3, 0.4) is 0 Å². The van der Waals surface area contributed by atoms with Gasteiger partial charge in [0.15, 0.2) is 0 Å². The van der Waals surface area contributed by atoms with E-state index in [9.17, 15) is 14.7 Å². The fraction of sp³-hybridized carbons (Fsp3) is 0.667. The number of hydrogen-bond donors (Lipinski definition) is 2. The third kappa shape index (κ3) is 4.38. The Bertz CT molecular complexity index is 845. The molecule has 0 radical (unpaired) electrons. The number of aryl methyl sites for hydroxylation is 1. The van der Waals surface area contributed by atoms with Crippen LogP contribution < -0.4 is 10.2 Å². The number of likely N-dealkylation sites (tertiary alicyclic amines) is 1. The Morgan fingerprint density at radius 2 is 1.94 bits per heavy atom. The predicted molar refractivity (Wildman–Crippen MR) is 120 cm³/mol. The molecule has 0 unspecified atom stereocenters. The van der Waals surface area contributed by atoms with E-state index in [0.717, 1.165) is 75.8 Å². The summed E-state index contributed by atoms with van der Waals surface area (Å²) in [6.07, 6.45) is 5.71. The van der Waals surface area contributed by atoms with Gasteiger partial charge >= 0.3 is 6.09 Å². The van der Waals surface area contributed by atoms with E-state index in [-0.39, 0.29) is 11.5 Å². The van der Waals surface area contributed by atoms with Crippen molar-refractivity contribution < 1.29 is 19.4 Å². The minimum atomic E-state index is -0.578. The van der Waals surface area contributed by atoms with Crippen molar-refractivity contribution in [1.82, 2.24) is 4.90 Å². The molecule has 170 valence electrons. The summed E-state index contributed by atoms with van der Waals surface area (Å²) in [7, 11) is 1.35. The maximum Gasteiger partial charge on any atom is 0.411 e. The molecule has 3 fully saturated rings. The zero-order valence-corrected chi connectivity index (χ0v) is 18.9. The summed E-state index contributed by atoms with van der Waals surface area (Å²) in [5.41, 5.74) is 2.02. The molecule has 1 spiro atoms. The number of carbonyl (C=O) groups is 2. The molecule has 7 nitrogen and oxygen atoms in total. The molecule has 1 saturated carbocycles. The van der Waals surface area contributed by atoms with Crippen molar-refractivity contribution in [2.45, 2.75) is 70.4 Å². The van der Waals surface area contributed by atoms with Gasteiger partial charge in [0.2, 0.25) is 5.91 Å². The first kappa shape index (κ1) is 21.9. The van der Waals surface area contributed by atoms with Crippen LogP contribution in [-0.2, 0) is 9.53 Å². The second-order valence-electron chi connectivity index (χ2n) is 9.90. The average molecular weight is 430 g/mol. The molecule has 1 aromatic carbocycles. The van der Waals surface area contributed by atoms with Crippen molar-refractivity contribution in [1.29, 1.82) is 0 Å². The quantitative estimate of drug-likeness (QED) is 0.766. The molecule has 0 bridgehead atoms. The summed E-state index contributed by atoms with van der Waals surface area (Å²) in [4.78, 5) is 29.5. The van der Waals surface area contributed by atoms with Gasteiger partial charge in [0.25, 0.3) is 0 Å². The van der Waals surface area contributed by atoms with Crippen molar-refractivity contribution in [3.05, 3.63) is 23.8 Å². The minimum absolute atomic E-state index is 0.271. The van der Waals surface area contributed by atoms with Gasteiger partial charge in [-0.3, -0.25) is 10.1 Å². The van der Waals surface area contributed by atoms with Crippen LogP contribution in [0.5, 0.6) is 0 Å². The highest BCUT2D eigenvalue weighted by Crippen LogP contribution is 2.44. The molecule has 4 rings (SSSR count). The van der Waals surface area contributed by atoms with Crippen LogP contribution in [-0.4, -0.2) is 60.4 Å². The molecule has 2 saturated heterocycles. The van der Waals surface area contributed by atoms with Gasteiger partial charge in [0, 0.05) is 37.1 Å². The fourth-order valence-corrected chi connectivity index (χ4v) is 5.71. The number of methoxy groups -OCH3 is 1. The van der Waals surface area contributed by atoms with E-state index >= 15 is 0 Å². The van der Waals surface area contributed by atoms with E-state index in [0.29, 0.717) is 11.6 Å². The smallest absolute Gasteiger partial charge is 0.411 e. The molecule has 31 heavy (non-hydrogen) atoms. The number of amides is 2. The summed E-state index contributed by atoms with van der Waals surface area (Å²) >= 11 is 0. The summed E-state index contributed by atoms with van der Waals surface area (Å²) in [6.45, 7) is 6.46. The third-order valence-corrected chi connectivity index (χ3v) is 7.57. The Morgan fingerprint density at radius 3 is 2.61 bits per heavy atom. The van der Waals surface area contributed by atoms with E-state index < -0.39 is 11.7 Å². The van der Waals surface area contributed by atoms with Gasteiger partial charge in [-0.25, -0.2) is 4.79 Å². The minimum Gasteiger partial charge on any atom is -0.453 e. The molecule has 2 amide bonds. The number of piperidine rings is 1. The number of nitrogens with zero attached hydrogens (tertiary/aromatic N) is 2. The zero-order valence-electron chi connectivity index (χ0n) is 18.9. The number of benzene rings is 1. The molecule has 2 N–H and O–H groups in total. The average Bonchev–Trinajstić information content (AvgIpc) is 3.03. The molecule has 1 atom stereocenters. The molecular weight excluding hydrogens is 394 g/mol. The van der Waals surface area contributed by atoms with E-state index in [2.05, 4.69) is 19.9 Å². The number of ether oxygens (including phenoxy) is 1. The van der Waals surface area contributed by atoms with E-state index in [1.807, 2.05) is 32.0 Å². The second kappa shape index (κ2) is 8.34. The van der Waals surface area contributed by atoms with Crippen molar-refractivity contribution in [2.75, 3.05) is 37.0 Å². The van der Waals surface area contributed by atoms with Gasteiger partial charge in [-0.05, 0) is 82.6 Å². The molecule has 1 aromatic rings. The first-order valence-electron chi connectivity index (χ1n) is 11.5. The highest BCUT2D eigenvalue weighted by molar-refractivity contribution is 5.87. The van der Waals surface area contributed by atoms with Gasteiger partial charge in [0.1, 0.15) is 0 Å². The number of carbonyl (C=O) groups excluding carboxylic acids is 2. The lowest BCUT2D eigenvalue weighted by molar-refractivity contribution is -0.140. The third-order valence-electron chi connectivity index (χ3n) is 7.57. The van der Waals surface area contributed by atoms with Crippen LogP contribution >= 0.6 is 0 Å². The molecule has 1 aliphatic carbocycles. The second-order valence-corrected chi connectivity index (χ2v) is 9.90. The van der Waals surface area contributed by atoms with Gasteiger partial charge in [-0.1, -0.05) is 0 Å². The van der Waals surface area contributed by atoms with Crippen LogP contribution in [0.4, 0.5) is 16.2 Å². The Balaban J connectivity index is 1.46. The Morgan fingerprint density at radius 1 is 1.19 bits per heavy atom. The number of anilines is 2. The summed E-state index contributed by atoms with van der Waals surface area (Å²) in [5, 5.41) is 13.0. The van der Waals surface area contributed by atoms with Crippen molar-refractivity contribution in [3.8, 4) is 0 Å². The summed E-state index contributed by atoms with van der Waals surface area (Å²) < 4.78 is 4.67. The molecule has 7 heteroatoms. The predicted octanol–water partition coefficient (Wildman–Crippen LogP) is 3.69. The molecule has 2 heterocycles. The fourth-order valence-electron chi connectivity index (χ4n) is 5.71. The first-order valence-corrected chi connectivity index (χ1v) is 11.5. The monoisotopic (exact) mass is 429 g/mol. The topological polar surface area (TPSA) is 82.1 Å². The summed E-state index contributed by atoms with van der Waals surface area (Å²) in [5.74, 6) is 0.311. The lowest BCUT2D eigenvalue weighted by Gasteiger charge is -2.42. The van der Waals surface area contributed by atoms with Crippen LogP contribution in [0.1, 0.15) is 57.4 Å². The first-order chi connectivity index (χ1) is 14.7. The maximum absolute atomic E-state index is 13.6. The number of rotatable bonds is 3. The Kier molecular flexibility index (Phi) is 5.90. The highest BCUT2D eigenvalue weighted by Gasteiger charge is 2.51. The molecular formula is C24H35N3O4. The van der Waals surface area contributed by atoms with Crippen LogP contribution in [0, 0.1) is 12.3 Å². The molecule has 0 aromatic heterocycles. The lowest BCUT2D eigenvalue weighted by Crippen LogP contribution is -2.50. The number of aliphatic hydroxyl groups is 1. The zero-order chi connectivity index (χ0) is 22.2. The van der Waals surface area contributed by atoms with Crippen molar-refractivity contribution >= 4 is 23.4 Å². The van der Waals surface area contributed by atoms with E-state index in [1.165, 1.54) is 7.11 Å². The van der Waals surface area contributed by atoms with E-state index in [4.69, 9.17) is 0 Å². The normalized spacial score (nSPS) is 31.2. The summed E-state index contributed by atoms with van der Waals surface area (Å²) in [6, 6.07) is 6.13. The largest absolute Gasteiger partial charge is 0.453 e. The van der Waals surface area contributed by atoms with Crippen LogP contribution in [0.25, 0.3) is 0 Å².